The highest BCUT2D eigenvalue weighted by Crippen LogP contribution is 2.29. The van der Waals surface area contributed by atoms with E-state index in [0.717, 1.165) is 16.1 Å². The normalized spacial score (nSPS) is 18.1. The zero-order valence-corrected chi connectivity index (χ0v) is 31.2. The van der Waals surface area contributed by atoms with Gasteiger partial charge in [0.1, 0.15) is 12.6 Å². The van der Waals surface area contributed by atoms with E-state index < -0.39 is 53.0 Å². The van der Waals surface area contributed by atoms with Gasteiger partial charge in [0.05, 0.1) is 46.3 Å². The molecule has 13 heteroatoms. The van der Waals surface area contributed by atoms with E-state index in [2.05, 4.69) is 15.6 Å². The molecule has 0 radical (unpaired) electrons. The van der Waals surface area contributed by atoms with E-state index in [1.54, 1.807) is 5.51 Å². The molecule has 0 unspecified atom stereocenters. The van der Waals surface area contributed by atoms with Gasteiger partial charge in [0.15, 0.2) is 0 Å². The second-order valence-electron chi connectivity index (χ2n) is 15.5. The molecule has 1 aliphatic heterocycles. The maximum atomic E-state index is 13.7. The summed E-state index contributed by atoms with van der Waals surface area (Å²) in [5.41, 5.74) is 9.20. The number of aryl methyl sites for hydroxylation is 1. The molecule has 1 aromatic carbocycles. The number of hydrogen-bond acceptors (Lipinski definition) is 10. The molecule has 1 saturated heterocycles. The molecule has 272 valence electrons. The van der Waals surface area contributed by atoms with Gasteiger partial charge in [-0.2, -0.15) is 0 Å². The summed E-state index contributed by atoms with van der Waals surface area (Å²) >= 11 is 1.52. The van der Waals surface area contributed by atoms with Gasteiger partial charge in [-0.1, -0.05) is 45.0 Å². The Morgan fingerprint density at radius 3 is 2.29 bits per heavy atom. The minimum atomic E-state index is -0.950. The Hall–Kier alpha value is -3.39. The van der Waals surface area contributed by atoms with Crippen LogP contribution in [0, 0.1) is 12.3 Å². The van der Waals surface area contributed by atoms with E-state index in [-0.39, 0.29) is 43.9 Å². The van der Waals surface area contributed by atoms with Gasteiger partial charge in [-0.15, -0.1) is 11.3 Å². The van der Waals surface area contributed by atoms with Crippen LogP contribution in [0.4, 0.5) is 0 Å². The van der Waals surface area contributed by atoms with Crippen LogP contribution in [-0.4, -0.2) is 87.8 Å². The van der Waals surface area contributed by atoms with Crippen LogP contribution in [-0.2, 0) is 28.7 Å². The van der Waals surface area contributed by atoms with E-state index in [1.165, 1.54) is 16.2 Å². The molecule has 4 atom stereocenters. The fraction of sp³-hybridized carbons (Fsp3) is 0.639. The number of benzene rings is 1. The fourth-order valence-electron chi connectivity index (χ4n) is 5.37. The van der Waals surface area contributed by atoms with Crippen LogP contribution >= 0.6 is 11.3 Å². The van der Waals surface area contributed by atoms with E-state index in [4.69, 9.17) is 15.2 Å². The van der Waals surface area contributed by atoms with Crippen LogP contribution in [0.15, 0.2) is 29.8 Å². The lowest BCUT2D eigenvalue weighted by Crippen LogP contribution is -2.55. The molecule has 2 heterocycles. The number of nitrogens with zero attached hydrogens (tertiary/aromatic N) is 2. The van der Waals surface area contributed by atoms with Crippen molar-refractivity contribution in [3.05, 3.63) is 41.0 Å². The summed E-state index contributed by atoms with van der Waals surface area (Å²) in [7, 11) is 0. The van der Waals surface area contributed by atoms with E-state index in [1.807, 2.05) is 86.6 Å². The van der Waals surface area contributed by atoms with Gasteiger partial charge in [-0.05, 0) is 64.5 Å². The Balaban J connectivity index is 1.69. The number of aliphatic hydroxyl groups excluding tert-OH is 1. The van der Waals surface area contributed by atoms with Gasteiger partial charge in [-0.25, -0.2) is 4.98 Å². The molecule has 3 rings (SSSR count). The molecule has 1 aliphatic rings. The predicted molar refractivity (Wildman–Crippen MR) is 189 cm³/mol. The summed E-state index contributed by atoms with van der Waals surface area (Å²) in [4.78, 5) is 59.2. The molecule has 49 heavy (non-hydrogen) atoms. The number of carbonyl (C=O) groups is 4. The number of rotatable bonds is 14. The number of thiazole rings is 1. The number of amides is 3. The van der Waals surface area contributed by atoms with Crippen LogP contribution in [0.5, 0.6) is 0 Å². The van der Waals surface area contributed by atoms with Crippen LogP contribution < -0.4 is 16.4 Å². The topological polar surface area (TPSA) is 173 Å². The third-order valence-electron chi connectivity index (χ3n) is 8.41. The van der Waals surface area contributed by atoms with E-state index in [0.29, 0.717) is 18.6 Å². The number of hydrogen-bond donors (Lipinski definition) is 4. The second-order valence-corrected chi connectivity index (χ2v) is 16.4. The quantitative estimate of drug-likeness (QED) is 0.212. The first-order valence-electron chi connectivity index (χ1n) is 16.8. The molecule has 0 saturated carbocycles. The van der Waals surface area contributed by atoms with Crippen molar-refractivity contribution in [2.75, 3.05) is 19.8 Å². The SMILES string of the molecule is Cc1ncsc1-c1ccc([C@H](COC(=O)CCC(=O)NC(C)(C)CCOC(C)(C)C)NC(=O)[C@@H]2C[C@@H](O)CN2C(=O)[C@@H](N)C(C)(C)C)cc1. The molecule has 0 aliphatic carbocycles. The summed E-state index contributed by atoms with van der Waals surface area (Å²) in [6, 6.07) is 4.91. The molecule has 1 aromatic heterocycles. The predicted octanol–water partition coefficient (Wildman–Crippen LogP) is 4.03. The van der Waals surface area contributed by atoms with E-state index in [9.17, 15) is 24.3 Å². The number of aromatic nitrogens is 1. The first kappa shape index (κ1) is 40.0. The van der Waals surface area contributed by atoms with Crippen molar-refractivity contribution in [1.29, 1.82) is 0 Å². The monoisotopic (exact) mass is 701 g/mol. The first-order valence-corrected chi connectivity index (χ1v) is 17.7. The maximum absolute atomic E-state index is 13.7. The van der Waals surface area contributed by atoms with Crippen LogP contribution in [0.3, 0.4) is 0 Å². The fourth-order valence-corrected chi connectivity index (χ4v) is 6.18. The van der Waals surface area contributed by atoms with E-state index >= 15 is 0 Å². The lowest BCUT2D eigenvalue weighted by molar-refractivity contribution is -0.147. The van der Waals surface area contributed by atoms with Crippen molar-refractivity contribution in [2.45, 2.75) is 123 Å². The van der Waals surface area contributed by atoms with Crippen LogP contribution in [0.25, 0.3) is 10.4 Å². The molecule has 1 fully saturated rings. The Morgan fingerprint density at radius 1 is 1.06 bits per heavy atom. The van der Waals surface area contributed by atoms with Crippen molar-refractivity contribution in [2.24, 2.45) is 11.1 Å². The van der Waals surface area contributed by atoms with Crippen molar-refractivity contribution in [1.82, 2.24) is 20.5 Å². The molecule has 12 nitrogen and oxygen atoms in total. The van der Waals surface area contributed by atoms with Crippen LogP contribution in [0.1, 0.15) is 98.4 Å². The summed E-state index contributed by atoms with van der Waals surface area (Å²) in [6.45, 7) is 17.4. The van der Waals surface area contributed by atoms with Crippen LogP contribution in [0.2, 0.25) is 0 Å². The minimum absolute atomic E-state index is 0.00820. The third kappa shape index (κ3) is 12.2. The second kappa shape index (κ2) is 16.5. The number of carbonyl (C=O) groups excluding carboxylic acids is 4. The third-order valence-corrected chi connectivity index (χ3v) is 9.39. The number of ether oxygens (including phenoxy) is 2. The molecular weight excluding hydrogens is 646 g/mol. The smallest absolute Gasteiger partial charge is 0.306 e. The van der Waals surface area contributed by atoms with Gasteiger partial charge >= 0.3 is 5.97 Å². The molecule has 0 spiro atoms. The number of nitrogens with two attached hydrogens (primary N) is 1. The Labute approximate surface area is 294 Å². The first-order chi connectivity index (χ1) is 22.7. The molecular formula is C36H55N5O7S. The van der Waals surface area contributed by atoms with Gasteiger partial charge < -0.3 is 35.8 Å². The van der Waals surface area contributed by atoms with Gasteiger partial charge in [0.2, 0.25) is 17.7 Å². The average molecular weight is 702 g/mol. The average Bonchev–Trinajstić information content (AvgIpc) is 3.61. The highest BCUT2D eigenvalue weighted by Gasteiger charge is 2.43. The lowest BCUT2D eigenvalue weighted by Gasteiger charge is -2.33. The van der Waals surface area contributed by atoms with Crippen molar-refractivity contribution >= 4 is 35.0 Å². The van der Waals surface area contributed by atoms with Gasteiger partial charge in [0.25, 0.3) is 0 Å². The Kier molecular flexibility index (Phi) is 13.5. The largest absolute Gasteiger partial charge is 0.463 e. The van der Waals surface area contributed by atoms with Crippen molar-refractivity contribution in [3.8, 4) is 10.4 Å². The highest BCUT2D eigenvalue weighted by atomic mass is 32.1. The minimum Gasteiger partial charge on any atom is -0.463 e. The highest BCUT2D eigenvalue weighted by molar-refractivity contribution is 7.13. The summed E-state index contributed by atoms with van der Waals surface area (Å²) in [6.07, 6.45) is -0.433. The van der Waals surface area contributed by atoms with Crippen molar-refractivity contribution < 1.29 is 33.8 Å². The lowest BCUT2D eigenvalue weighted by atomic mass is 9.86. The molecule has 3 amide bonds. The Morgan fingerprint density at radius 2 is 1.71 bits per heavy atom. The number of β-amino-alcohol motifs (C(OH)–C–C–N with tert-alkyl or cyclic N) is 1. The number of aliphatic hydroxyl groups is 1. The standard InChI is InChI=1S/C36H55N5O7S/c1-22-30(49-21-38-22)24-12-10-23(11-13-24)26(39-32(45)27-18-25(42)19-41(27)33(46)31(37)34(2,3)4)20-47-29(44)15-14-28(43)40-36(8,9)16-17-48-35(5,6)7/h10-13,21,25-27,31,42H,14-20,37H2,1-9H3,(H,39,45)(H,40,43)/t25-,26+,27+,31-/m1/s1. The summed E-state index contributed by atoms with van der Waals surface area (Å²) in [5.74, 6) is -1.79. The number of nitrogens with one attached hydrogen (secondary N) is 2. The van der Waals surface area contributed by atoms with Gasteiger partial charge in [-0.3, -0.25) is 19.2 Å². The molecule has 2 aromatic rings. The number of esters is 1. The molecule has 0 bridgehead atoms. The summed E-state index contributed by atoms with van der Waals surface area (Å²) in [5, 5.41) is 16.3. The van der Waals surface area contributed by atoms with Crippen molar-refractivity contribution in [3.63, 3.8) is 0 Å². The molecule has 5 N–H and O–H groups in total. The van der Waals surface area contributed by atoms with Gasteiger partial charge in [0, 0.05) is 31.5 Å². The number of likely N-dealkylation sites (tertiary alicyclic amines) is 1. The summed E-state index contributed by atoms with van der Waals surface area (Å²) < 4.78 is 11.4. The zero-order valence-electron chi connectivity index (χ0n) is 30.4. The maximum Gasteiger partial charge on any atom is 0.306 e. The zero-order chi connectivity index (χ0) is 36.7. The Bertz CT molecular complexity index is 1440.